The Balaban J connectivity index is 2.10. The number of methoxy groups -OCH3 is 2. The second-order valence-corrected chi connectivity index (χ2v) is 4.65. The lowest BCUT2D eigenvalue weighted by Gasteiger charge is -2.21. The van der Waals surface area contributed by atoms with Crippen LogP contribution in [0, 0.1) is 0 Å². The van der Waals surface area contributed by atoms with Crippen LogP contribution in [0.1, 0.15) is 26.2 Å². The molecule has 0 spiro atoms. The number of rotatable bonds is 8. The molecular weight excluding hydrogens is 204 g/mol. The lowest BCUT2D eigenvalue weighted by atomic mass is 10.1. The van der Waals surface area contributed by atoms with Crippen LogP contribution >= 0.6 is 0 Å². The third-order valence-electron chi connectivity index (χ3n) is 3.18. The fraction of sp³-hybridized carbons (Fsp3) is 1.00. The van der Waals surface area contributed by atoms with Crippen molar-refractivity contribution in [3.8, 4) is 0 Å². The summed E-state index contributed by atoms with van der Waals surface area (Å²) in [5.41, 5.74) is 0. The molecule has 0 aromatic heterocycles. The Morgan fingerprint density at radius 3 is 2.81 bits per heavy atom. The summed E-state index contributed by atoms with van der Waals surface area (Å²) in [6.07, 6.45) is 3.99. The minimum atomic E-state index is 0.156. The van der Waals surface area contributed by atoms with Gasteiger partial charge in [-0.1, -0.05) is 0 Å². The van der Waals surface area contributed by atoms with Crippen LogP contribution < -0.4 is 10.6 Å². The largest absolute Gasteiger partial charge is 0.382 e. The average Bonchev–Trinajstić information content (AvgIpc) is 2.76. The van der Waals surface area contributed by atoms with Gasteiger partial charge in [-0.25, -0.2) is 0 Å². The Morgan fingerprint density at radius 2 is 2.25 bits per heavy atom. The van der Waals surface area contributed by atoms with Crippen molar-refractivity contribution in [3.05, 3.63) is 0 Å². The van der Waals surface area contributed by atoms with Crippen LogP contribution in [0.3, 0.4) is 0 Å². The quantitative estimate of drug-likeness (QED) is 0.646. The molecule has 16 heavy (non-hydrogen) atoms. The minimum absolute atomic E-state index is 0.156. The lowest BCUT2D eigenvalue weighted by Crippen LogP contribution is -2.39. The van der Waals surface area contributed by atoms with E-state index in [-0.39, 0.29) is 6.10 Å². The summed E-state index contributed by atoms with van der Waals surface area (Å²) in [4.78, 5) is 0. The smallest absolute Gasteiger partial charge is 0.0928 e. The molecule has 0 bridgehead atoms. The standard InChI is InChI=1S/C12H26N2O2/c1-10(7-11-5-4-6-13-11)14-8-12(16-3)9-15-2/h10-14H,4-9H2,1-3H3. The van der Waals surface area contributed by atoms with Crippen LogP contribution in [-0.2, 0) is 9.47 Å². The van der Waals surface area contributed by atoms with Crippen molar-refractivity contribution in [2.75, 3.05) is 33.9 Å². The molecule has 4 heteroatoms. The van der Waals surface area contributed by atoms with Crippen LogP contribution in [-0.4, -0.2) is 52.1 Å². The molecule has 96 valence electrons. The number of ether oxygens (including phenoxy) is 2. The van der Waals surface area contributed by atoms with Crippen molar-refractivity contribution < 1.29 is 9.47 Å². The summed E-state index contributed by atoms with van der Waals surface area (Å²) in [6.45, 7) is 4.93. The van der Waals surface area contributed by atoms with E-state index < -0.39 is 0 Å². The maximum atomic E-state index is 5.31. The minimum Gasteiger partial charge on any atom is -0.382 e. The van der Waals surface area contributed by atoms with Gasteiger partial charge >= 0.3 is 0 Å². The predicted molar refractivity (Wildman–Crippen MR) is 65.8 cm³/mol. The summed E-state index contributed by atoms with van der Waals surface area (Å²) in [7, 11) is 3.44. The molecule has 0 radical (unpaired) electrons. The Hall–Kier alpha value is -0.160. The zero-order valence-corrected chi connectivity index (χ0v) is 10.8. The maximum absolute atomic E-state index is 5.31. The van der Waals surface area contributed by atoms with E-state index in [1.54, 1.807) is 14.2 Å². The van der Waals surface area contributed by atoms with Crippen LogP contribution in [0.5, 0.6) is 0 Å². The highest BCUT2D eigenvalue weighted by Gasteiger charge is 2.17. The highest BCUT2D eigenvalue weighted by atomic mass is 16.5. The molecule has 2 N–H and O–H groups in total. The molecule has 0 amide bonds. The van der Waals surface area contributed by atoms with Crippen molar-refractivity contribution >= 4 is 0 Å². The molecule has 4 nitrogen and oxygen atoms in total. The summed E-state index contributed by atoms with van der Waals surface area (Å²) in [5, 5.41) is 7.02. The Morgan fingerprint density at radius 1 is 1.44 bits per heavy atom. The molecule has 0 aromatic rings. The second kappa shape index (κ2) is 8.01. The summed E-state index contributed by atoms with van der Waals surface area (Å²) >= 11 is 0. The summed E-state index contributed by atoms with van der Waals surface area (Å²) < 4.78 is 10.4. The third kappa shape index (κ3) is 5.25. The van der Waals surface area contributed by atoms with Gasteiger partial charge in [0.1, 0.15) is 0 Å². The van der Waals surface area contributed by atoms with Gasteiger partial charge in [0.2, 0.25) is 0 Å². The topological polar surface area (TPSA) is 42.5 Å². The number of hydrogen-bond donors (Lipinski definition) is 2. The Kier molecular flexibility index (Phi) is 6.96. The normalized spacial score (nSPS) is 24.6. The van der Waals surface area contributed by atoms with Gasteiger partial charge in [0.05, 0.1) is 12.7 Å². The molecule has 3 unspecified atom stereocenters. The van der Waals surface area contributed by atoms with E-state index in [4.69, 9.17) is 9.47 Å². The van der Waals surface area contributed by atoms with Gasteiger partial charge in [0.25, 0.3) is 0 Å². The van der Waals surface area contributed by atoms with Gasteiger partial charge in [0.15, 0.2) is 0 Å². The van der Waals surface area contributed by atoms with Crippen molar-refractivity contribution in [2.24, 2.45) is 0 Å². The van der Waals surface area contributed by atoms with E-state index in [1.807, 2.05) is 0 Å². The van der Waals surface area contributed by atoms with Gasteiger partial charge < -0.3 is 20.1 Å². The molecule has 0 saturated carbocycles. The van der Waals surface area contributed by atoms with Crippen LogP contribution in [0.15, 0.2) is 0 Å². The first kappa shape index (κ1) is 13.9. The fourth-order valence-electron chi connectivity index (χ4n) is 2.20. The second-order valence-electron chi connectivity index (χ2n) is 4.65. The number of hydrogen-bond acceptors (Lipinski definition) is 4. The molecule has 1 rings (SSSR count). The van der Waals surface area contributed by atoms with E-state index in [0.717, 1.165) is 6.54 Å². The first-order valence-corrected chi connectivity index (χ1v) is 6.24. The zero-order valence-electron chi connectivity index (χ0n) is 10.8. The van der Waals surface area contributed by atoms with E-state index in [9.17, 15) is 0 Å². The van der Waals surface area contributed by atoms with E-state index in [2.05, 4.69) is 17.6 Å². The highest BCUT2D eigenvalue weighted by molar-refractivity contribution is 4.79. The molecule has 1 fully saturated rings. The van der Waals surface area contributed by atoms with E-state index >= 15 is 0 Å². The molecule has 1 heterocycles. The molecule has 0 aromatic carbocycles. The summed E-state index contributed by atoms with van der Waals surface area (Å²) in [6, 6.07) is 1.23. The monoisotopic (exact) mass is 230 g/mol. The van der Waals surface area contributed by atoms with Crippen LogP contribution in [0.25, 0.3) is 0 Å². The first-order chi connectivity index (χ1) is 7.76. The van der Waals surface area contributed by atoms with Crippen molar-refractivity contribution in [1.82, 2.24) is 10.6 Å². The van der Waals surface area contributed by atoms with Gasteiger partial charge in [-0.2, -0.15) is 0 Å². The number of nitrogens with one attached hydrogen (secondary N) is 2. The molecule has 3 atom stereocenters. The first-order valence-electron chi connectivity index (χ1n) is 6.24. The van der Waals surface area contributed by atoms with Gasteiger partial charge in [0, 0.05) is 32.8 Å². The lowest BCUT2D eigenvalue weighted by molar-refractivity contribution is 0.0274. The molecular formula is C12H26N2O2. The van der Waals surface area contributed by atoms with E-state index in [0.29, 0.717) is 18.7 Å². The molecule has 0 aliphatic carbocycles. The molecule has 1 aliphatic rings. The zero-order chi connectivity index (χ0) is 11.8. The Bertz CT molecular complexity index is 172. The van der Waals surface area contributed by atoms with Crippen molar-refractivity contribution in [1.29, 1.82) is 0 Å². The fourth-order valence-corrected chi connectivity index (χ4v) is 2.20. The van der Waals surface area contributed by atoms with Gasteiger partial charge in [-0.05, 0) is 32.7 Å². The average molecular weight is 230 g/mol. The maximum Gasteiger partial charge on any atom is 0.0928 e. The summed E-state index contributed by atoms with van der Waals surface area (Å²) in [5.74, 6) is 0. The highest BCUT2D eigenvalue weighted by Crippen LogP contribution is 2.10. The van der Waals surface area contributed by atoms with Crippen molar-refractivity contribution in [3.63, 3.8) is 0 Å². The third-order valence-corrected chi connectivity index (χ3v) is 3.18. The van der Waals surface area contributed by atoms with Crippen LogP contribution in [0.2, 0.25) is 0 Å². The Labute approximate surface area is 99.1 Å². The van der Waals surface area contributed by atoms with Gasteiger partial charge in [-0.3, -0.25) is 0 Å². The SMILES string of the molecule is COCC(CNC(C)CC1CCCN1)OC. The predicted octanol–water partition coefficient (Wildman–Crippen LogP) is 0.768. The van der Waals surface area contributed by atoms with Gasteiger partial charge in [-0.15, -0.1) is 0 Å². The van der Waals surface area contributed by atoms with E-state index in [1.165, 1.54) is 25.8 Å². The van der Waals surface area contributed by atoms with Crippen LogP contribution in [0.4, 0.5) is 0 Å². The van der Waals surface area contributed by atoms with Crippen molar-refractivity contribution in [2.45, 2.75) is 44.4 Å². The molecule has 1 aliphatic heterocycles. The molecule has 1 saturated heterocycles.